The zero-order valence-corrected chi connectivity index (χ0v) is 14.7. The summed E-state index contributed by atoms with van der Waals surface area (Å²) in [5, 5.41) is 21.6. The zero-order chi connectivity index (χ0) is 19.3. The molecule has 0 heterocycles. The van der Waals surface area contributed by atoms with Gasteiger partial charge in [-0.15, -0.1) is 0 Å². The Balaban J connectivity index is 2.19. The molecule has 9 heteroatoms. The number of carbonyl (C=O) groups is 2. The van der Waals surface area contributed by atoms with Gasteiger partial charge in [0.25, 0.3) is 11.6 Å². The highest BCUT2D eigenvalue weighted by Crippen LogP contribution is 2.24. The van der Waals surface area contributed by atoms with Crippen molar-refractivity contribution in [3.05, 3.63) is 63.2 Å². The van der Waals surface area contributed by atoms with Crippen LogP contribution in [0.25, 0.3) is 0 Å². The standard InChI is InChI=1S/C17H15ClN4O4/c1-10-3-6-14(9-15(10)22(25)26)20-21-16(11(2)23)17(24)19-13-7-4-12(18)5-8-13/h3-9,16H,1-2H3,(H,19,24). The van der Waals surface area contributed by atoms with Gasteiger partial charge in [0.2, 0.25) is 6.04 Å². The summed E-state index contributed by atoms with van der Waals surface area (Å²) in [5.41, 5.74) is 0.976. The number of halogens is 1. The molecule has 0 aliphatic carbocycles. The van der Waals surface area contributed by atoms with E-state index in [-0.39, 0.29) is 11.4 Å². The summed E-state index contributed by atoms with van der Waals surface area (Å²) in [4.78, 5) is 34.4. The number of nitro groups is 1. The molecule has 0 radical (unpaired) electrons. The number of nitrogens with zero attached hydrogens (tertiary/aromatic N) is 3. The van der Waals surface area contributed by atoms with E-state index in [4.69, 9.17) is 11.6 Å². The molecule has 8 nitrogen and oxygen atoms in total. The number of anilines is 1. The maximum atomic E-state index is 12.3. The van der Waals surface area contributed by atoms with Gasteiger partial charge >= 0.3 is 0 Å². The molecule has 0 saturated heterocycles. The third kappa shape index (κ3) is 4.93. The Hall–Kier alpha value is -3.13. The predicted octanol–water partition coefficient (Wildman–Crippen LogP) is 4.24. The number of nitrogens with one attached hydrogen (secondary N) is 1. The monoisotopic (exact) mass is 374 g/mol. The second-order valence-corrected chi connectivity index (χ2v) is 5.89. The number of rotatable bonds is 6. The van der Waals surface area contributed by atoms with E-state index in [0.29, 0.717) is 16.3 Å². The first kappa shape index (κ1) is 19.2. The zero-order valence-electron chi connectivity index (χ0n) is 14.0. The number of amides is 1. The summed E-state index contributed by atoms with van der Waals surface area (Å²) in [6.45, 7) is 2.81. The molecule has 1 atom stereocenters. The van der Waals surface area contributed by atoms with Crippen LogP contribution in [-0.4, -0.2) is 22.7 Å². The first-order chi connectivity index (χ1) is 12.3. The summed E-state index contributed by atoms with van der Waals surface area (Å²) < 4.78 is 0. The van der Waals surface area contributed by atoms with E-state index in [2.05, 4.69) is 15.5 Å². The molecule has 1 amide bonds. The number of aryl methyl sites for hydroxylation is 1. The minimum atomic E-state index is -1.37. The van der Waals surface area contributed by atoms with Crippen LogP contribution in [0.1, 0.15) is 12.5 Å². The molecule has 0 bridgehead atoms. The normalized spacial score (nSPS) is 12.0. The van der Waals surface area contributed by atoms with Gasteiger partial charge in [-0.05, 0) is 44.2 Å². The summed E-state index contributed by atoms with van der Waals surface area (Å²) in [6.07, 6.45) is 0. The number of hydrogen-bond donors (Lipinski definition) is 1. The molecule has 1 unspecified atom stereocenters. The third-order valence-corrected chi connectivity index (χ3v) is 3.68. The van der Waals surface area contributed by atoms with Gasteiger partial charge in [-0.2, -0.15) is 10.2 Å². The molecule has 0 aliphatic rings. The summed E-state index contributed by atoms with van der Waals surface area (Å²) in [7, 11) is 0. The molecular formula is C17H15ClN4O4. The number of nitro benzene ring substituents is 1. The van der Waals surface area contributed by atoms with Crippen LogP contribution in [0.2, 0.25) is 5.02 Å². The SMILES string of the molecule is CC(=O)C(N=Nc1ccc(C)c([N+](=O)[O-])c1)C(=O)Nc1ccc(Cl)cc1. The van der Waals surface area contributed by atoms with Gasteiger partial charge in [-0.3, -0.25) is 19.7 Å². The van der Waals surface area contributed by atoms with E-state index in [1.165, 1.54) is 25.1 Å². The predicted molar refractivity (Wildman–Crippen MR) is 96.9 cm³/mol. The molecule has 1 N–H and O–H groups in total. The number of Topliss-reactive ketones (excluding diaryl/α,β-unsaturated/α-hetero) is 1. The van der Waals surface area contributed by atoms with Gasteiger partial charge < -0.3 is 5.32 Å². The first-order valence-electron chi connectivity index (χ1n) is 7.50. The second kappa shape index (κ2) is 8.30. The van der Waals surface area contributed by atoms with Gasteiger partial charge in [-0.25, -0.2) is 0 Å². The molecule has 134 valence electrons. The van der Waals surface area contributed by atoms with Gasteiger partial charge in [0.1, 0.15) is 0 Å². The number of azo groups is 1. The molecule has 0 aromatic heterocycles. The highest BCUT2D eigenvalue weighted by molar-refractivity contribution is 6.30. The van der Waals surface area contributed by atoms with E-state index in [1.807, 2.05) is 0 Å². The molecule has 2 aromatic carbocycles. The smallest absolute Gasteiger partial charge is 0.274 e. The Kier molecular flexibility index (Phi) is 6.13. The van der Waals surface area contributed by atoms with Crippen LogP contribution in [0.4, 0.5) is 17.1 Å². The quantitative estimate of drug-likeness (QED) is 0.352. The minimum absolute atomic E-state index is 0.119. The van der Waals surface area contributed by atoms with Crippen LogP contribution in [0, 0.1) is 17.0 Å². The van der Waals surface area contributed by atoms with Gasteiger partial charge in [0.15, 0.2) is 5.78 Å². The van der Waals surface area contributed by atoms with E-state index >= 15 is 0 Å². The fourth-order valence-corrected chi connectivity index (χ4v) is 2.17. The number of carbonyl (C=O) groups excluding carboxylic acids is 2. The Labute approximate surface area is 154 Å². The van der Waals surface area contributed by atoms with E-state index in [0.717, 1.165) is 0 Å². The number of benzene rings is 2. The fourth-order valence-electron chi connectivity index (χ4n) is 2.04. The molecule has 2 rings (SSSR count). The molecule has 2 aromatic rings. The molecule has 26 heavy (non-hydrogen) atoms. The lowest BCUT2D eigenvalue weighted by Gasteiger charge is -2.09. The van der Waals surface area contributed by atoms with Crippen molar-refractivity contribution in [2.75, 3.05) is 5.32 Å². The van der Waals surface area contributed by atoms with Crippen molar-refractivity contribution in [3.63, 3.8) is 0 Å². The van der Waals surface area contributed by atoms with Crippen LogP contribution in [0.3, 0.4) is 0 Å². The van der Waals surface area contributed by atoms with Crippen LogP contribution >= 0.6 is 11.6 Å². The summed E-state index contributed by atoms with van der Waals surface area (Å²) in [6, 6.07) is 9.23. The number of ketones is 1. The van der Waals surface area contributed by atoms with Gasteiger partial charge in [0.05, 0.1) is 10.6 Å². The first-order valence-corrected chi connectivity index (χ1v) is 7.88. The Morgan fingerprint density at radius 3 is 2.42 bits per heavy atom. The minimum Gasteiger partial charge on any atom is -0.324 e. The maximum absolute atomic E-state index is 12.3. The van der Waals surface area contributed by atoms with Crippen molar-refractivity contribution >= 4 is 40.4 Å². The molecule has 0 spiro atoms. The average molecular weight is 375 g/mol. The number of hydrogen-bond acceptors (Lipinski definition) is 6. The Morgan fingerprint density at radius 1 is 1.19 bits per heavy atom. The van der Waals surface area contributed by atoms with Crippen LogP contribution < -0.4 is 5.32 Å². The highest BCUT2D eigenvalue weighted by Gasteiger charge is 2.23. The lowest BCUT2D eigenvalue weighted by Crippen LogP contribution is -2.31. The van der Waals surface area contributed by atoms with Crippen molar-refractivity contribution in [2.24, 2.45) is 10.2 Å². The van der Waals surface area contributed by atoms with Crippen molar-refractivity contribution in [1.82, 2.24) is 0 Å². The largest absolute Gasteiger partial charge is 0.324 e. The summed E-state index contributed by atoms with van der Waals surface area (Å²) >= 11 is 5.78. The second-order valence-electron chi connectivity index (χ2n) is 5.45. The topological polar surface area (TPSA) is 114 Å². The van der Waals surface area contributed by atoms with Crippen LogP contribution in [-0.2, 0) is 9.59 Å². The Bertz CT molecular complexity index is 881. The highest BCUT2D eigenvalue weighted by atomic mass is 35.5. The van der Waals surface area contributed by atoms with Gasteiger partial charge in [-0.1, -0.05) is 17.7 Å². The van der Waals surface area contributed by atoms with E-state index in [1.54, 1.807) is 31.2 Å². The fraction of sp³-hybridized carbons (Fsp3) is 0.176. The van der Waals surface area contributed by atoms with Crippen LogP contribution in [0.15, 0.2) is 52.7 Å². The van der Waals surface area contributed by atoms with Gasteiger partial charge in [0, 0.05) is 22.3 Å². The van der Waals surface area contributed by atoms with Crippen molar-refractivity contribution in [1.29, 1.82) is 0 Å². The molecule has 0 saturated carbocycles. The lowest BCUT2D eigenvalue weighted by molar-refractivity contribution is -0.385. The van der Waals surface area contributed by atoms with E-state index < -0.39 is 22.7 Å². The van der Waals surface area contributed by atoms with Crippen molar-refractivity contribution in [3.8, 4) is 0 Å². The molecule has 0 aliphatic heterocycles. The van der Waals surface area contributed by atoms with Crippen LogP contribution in [0.5, 0.6) is 0 Å². The maximum Gasteiger partial charge on any atom is 0.274 e. The molecular weight excluding hydrogens is 360 g/mol. The molecule has 0 fully saturated rings. The Morgan fingerprint density at radius 2 is 1.85 bits per heavy atom. The summed E-state index contributed by atoms with van der Waals surface area (Å²) in [5.74, 6) is -1.17. The van der Waals surface area contributed by atoms with Crippen molar-refractivity contribution < 1.29 is 14.5 Å². The van der Waals surface area contributed by atoms with Crippen molar-refractivity contribution in [2.45, 2.75) is 19.9 Å². The third-order valence-electron chi connectivity index (χ3n) is 3.42. The average Bonchev–Trinajstić information content (AvgIpc) is 2.58. The van der Waals surface area contributed by atoms with E-state index in [9.17, 15) is 19.7 Å². The lowest BCUT2D eigenvalue weighted by atomic mass is 10.2.